The Hall–Kier alpha value is -2.11. The molecule has 0 aromatic heterocycles. The van der Waals surface area contributed by atoms with E-state index in [1.54, 1.807) is 17.0 Å². The van der Waals surface area contributed by atoms with Crippen LogP contribution in [0.25, 0.3) is 0 Å². The van der Waals surface area contributed by atoms with Gasteiger partial charge < -0.3 is 14.4 Å². The van der Waals surface area contributed by atoms with E-state index in [1.807, 2.05) is 0 Å². The molecule has 1 aromatic carbocycles. The third-order valence-electron chi connectivity index (χ3n) is 3.40. The lowest BCUT2D eigenvalue weighted by atomic mass is 10.0. The summed E-state index contributed by atoms with van der Waals surface area (Å²) >= 11 is 0. The molecule has 0 bridgehead atoms. The van der Waals surface area contributed by atoms with Crippen LogP contribution in [-0.2, 0) is 4.79 Å². The average Bonchev–Trinajstić information content (AvgIpc) is 2.46. The molecule has 6 heteroatoms. The van der Waals surface area contributed by atoms with Crippen molar-refractivity contribution >= 4 is 17.7 Å². The molecule has 1 atom stereocenters. The largest absolute Gasteiger partial charge is 0.497 e. The first-order valence-electron chi connectivity index (χ1n) is 6.21. The zero-order valence-corrected chi connectivity index (χ0v) is 10.7. The van der Waals surface area contributed by atoms with Crippen molar-refractivity contribution in [3.63, 3.8) is 0 Å². The zero-order valence-electron chi connectivity index (χ0n) is 10.7. The normalized spacial score (nSPS) is 19.0. The number of carbonyl (C=O) groups is 1. The number of nitro groups is 1. The maximum absolute atomic E-state index is 11.1. The predicted molar refractivity (Wildman–Crippen MR) is 70.7 cm³/mol. The Labute approximate surface area is 111 Å². The lowest BCUT2D eigenvalue weighted by Crippen LogP contribution is -2.40. The first kappa shape index (κ1) is 13.3. The minimum Gasteiger partial charge on any atom is -0.497 e. The van der Waals surface area contributed by atoms with E-state index in [1.165, 1.54) is 13.2 Å². The summed E-state index contributed by atoms with van der Waals surface area (Å²) in [4.78, 5) is 23.6. The molecule has 0 amide bonds. The Morgan fingerprint density at radius 2 is 2.26 bits per heavy atom. The average molecular weight is 264 g/mol. The Kier molecular flexibility index (Phi) is 3.99. The lowest BCUT2D eigenvalue weighted by molar-refractivity contribution is -0.384. The Bertz CT molecular complexity index is 490. The van der Waals surface area contributed by atoms with Crippen molar-refractivity contribution in [3.05, 3.63) is 28.3 Å². The second-order valence-electron chi connectivity index (χ2n) is 4.50. The molecule has 1 fully saturated rings. The number of nitrogens with zero attached hydrogens (tertiary/aromatic N) is 2. The second kappa shape index (κ2) is 5.69. The molecule has 1 saturated heterocycles. The molecule has 0 aliphatic carbocycles. The monoisotopic (exact) mass is 264 g/mol. The van der Waals surface area contributed by atoms with Crippen LogP contribution in [-0.4, -0.2) is 30.9 Å². The van der Waals surface area contributed by atoms with Crippen LogP contribution in [0, 0.1) is 10.1 Å². The molecule has 6 nitrogen and oxygen atoms in total. The third-order valence-corrected chi connectivity index (χ3v) is 3.40. The molecular weight excluding hydrogens is 248 g/mol. The maximum Gasteiger partial charge on any atom is 0.292 e. The first-order chi connectivity index (χ1) is 9.17. The molecule has 0 N–H and O–H groups in total. The summed E-state index contributed by atoms with van der Waals surface area (Å²) in [6, 6.07) is 4.31. The van der Waals surface area contributed by atoms with Crippen molar-refractivity contribution < 1.29 is 14.5 Å². The van der Waals surface area contributed by atoms with Crippen molar-refractivity contribution in [2.75, 3.05) is 18.6 Å². The fourth-order valence-electron chi connectivity index (χ4n) is 2.41. The van der Waals surface area contributed by atoms with Crippen LogP contribution < -0.4 is 9.64 Å². The SMILES string of the molecule is COc1ccc([N+](=O)[O-])c(N2CCCCC2C=O)c1. The van der Waals surface area contributed by atoms with Gasteiger partial charge in [0.1, 0.15) is 17.7 Å². The Morgan fingerprint density at radius 1 is 1.47 bits per heavy atom. The van der Waals surface area contributed by atoms with Gasteiger partial charge in [-0.2, -0.15) is 0 Å². The Balaban J connectivity index is 2.45. The summed E-state index contributed by atoms with van der Waals surface area (Å²) in [7, 11) is 1.51. The van der Waals surface area contributed by atoms with Crippen LogP contribution in [0.4, 0.5) is 11.4 Å². The molecule has 0 saturated carbocycles. The van der Waals surface area contributed by atoms with Gasteiger partial charge in [0.05, 0.1) is 18.1 Å². The number of rotatable bonds is 4. The highest BCUT2D eigenvalue weighted by Crippen LogP contribution is 2.35. The molecule has 1 unspecified atom stereocenters. The van der Waals surface area contributed by atoms with Gasteiger partial charge in [-0.05, 0) is 25.3 Å². The fourth-order valence-corrected chi connectivity index (χ4v) is 2.41. The van der Waals surface area contributed by atoms with Crippen LogP contribution in [0.15, 0.2) is 18.2 Å². The standard InChI is InChI=1S/C13H16N2O4/c1-19-11-5-6-12(15(17)18)13(8-11)14-7-3-2-4-10(14)9-16/h5-6,8-10H,2-4,7H2,1H3. The van der Waals surface area contributed by atoms with Crippen LogP contribution in [0.3, 0.4) is 0 Å². The summed E-state index contributed by atoms with van der Waals surface area (Å²) in [6.45, 7) is 0.650. The first-order valence-corrected chi connectivity index (χ1v) is 6.21. The van der Waals surface area contributed by atoms with Gasteiger partial charge in [-0.1, -0.05) is 0 Å². The van der Waals surface area contributed by atoms with E-state index in [9.17, 15) is 14.9 Å². The number of piperidine rings is 1. The number of aldehydes is 1. The van der Waals surface area contributed by atoms with Gasteiger partial charge in [0, 0.05) is 18.7 Å². The van der Waals surface area contributed by atoms with Crippen molar-refractivity contribution in [1.29, 1.82) is 0 Å². The molecule has 2 rings (SSSR count). The van der Waals surface area contributed by atoms with E-state index < -0.39 is 4.92 Å². The minimum absolute atomic E-state index is 0.00884. The van der Waals surface area contributed by atoms with E-state index in [0.717, 1.165) is 25.5 Å². The molecular formula is C13H16N2O4. The number of ether oxygens (including phenoxy) is 1. The molecule has 1 aliphatic rings. The van der Waals surface area contributed by atoms with Gasteiger partial charge in [0.25, 0.3) is 5.69 Å². The van der Waals surface area contributed by atoms with E-state index in [4.69, 9.17) is 4.74 Å². The van der Waals surface area contributed by atoms with Gasteiger partial charge >= 0.3 is 0 Å². The fraction of sp³-hybridized carbons (Fsp3) is 0.462. The Morgan fingerprint density at radius 3 is 2.89 bits per heavy atom. The molecule has 19 heavy (non-hydrogen) atoms. The van der Waals surface area contributed by atoms with Crippen LogP contribution in [0.2, 0.25) is 0 Å². The van der Waals surface area contributed by atoms with E-state index in [0.29, 0.717) is 18.0 Å². The summed E-state index contributed by atoms with van der Waals surface area (Å²) in [5.74, 6) is 0.552. The van der Waals surface area contributed by atoms with Crippen LogP contribution >= 0.6 is 0 Å². The summed E-state index contributed by atoms with van der Waals surface area (Å²) < 4.78 is 5.11. The highest BCUT2D eigenvalue weighted by Gasteiger charge is 2.28. The molecule has 1 heterocycles. The molecule has 0 spiro atoms. The lowest BCUT2D eigenvalue weighted by Gasteiger charge is -2.33. The molecule has 0 radical (unpaired) electrons. The van der Waals surface area contributed by atoms with Crippen molar-refractivity contribution in [2.24, 2.45) is 0 Å². The highest BCUT2D eigenvalue weighted by atomic mass is 16.6. The van der Waals surface area contributed by atoms with E-state index in [2.05, 4.69) is 0 Å². The third kappa shape index (κ3) is 2.67. The van der Waals surface area contributed by atoms with Gasteiger partial charge in [-0.3, -0.25) is 10.1 Å². The topological polar surface area (TPSA) is 72.7 Å². The van der Waals surface area contributed by atoms with Crippen LogP contribution in [0.5, 0.6) is 5.75 Å². The van der Waals surface area contributed by atoms with E-state index in [-0.39, 0.29) is 11.7 Å². The van der Waals surface area contributed by atoms with Gasteiger partial charge in [0.15, 0.2) is 0 Å². The van der Waals surface area contributed by atoms with E-state index >= 15 is 0 Å². The number of hydrogen-bond acceptors (Lipinski definition) is 5. The number of hydrogen-bond donors (Lipinski definition) is 0. The smallest absolute Gasteiger partial charge is 0.292 e. The van der Waals surface area contributed by atoms with Gasteiger partial charge in [-0.15, -0.1) is 0 Å². The molecule has 1 aromatic rings. The zero-order chi connectivity index (χ0) is 13.8. The van der Waals surface area contributed by atoms with Gasteiger partial charge in [0.2, 0.25) is 0 Å². The molecule has 102 valence electrons. The molecule has 1 aliphatic heterocycles. The quantitative estimate of drug-likeness (QED) is 0.473. The summed E-state index contributed by atoms with van der Waals surface area (Å²) in [5, 5.41) is 11.1. The van der Waals surface area contributed by atoms with Crippen molar-refractivity contribution in [2.45, 2.75) is 25.3 Å². The predicted octanol–water partition coefficient (Wildman–Crippen LogP) is 2.16. The number of methoxy groups -OCH3 is 1. The maximum atomic E-state index is 11.1. The number of nitro benzene ring substituents is 1. The highest BCUT2D eigenvalue weighted by molar-refractivity contribution is 5.73. The van der Waals surface area contributed by atoms with Crippen molar-refractivity contribution in [3.8, 4) is 5.75 Å². The van der Waals surface area contributed by atoms with Crippen molar-refractivity contribution in [1.82, 2.24) is 0 Å². The summed E-state index contributed by atoms with van der Waals surface area (Å²) in [6.07, 6.45) is 3.50. The number of benzene rings is 1. The summed E-state index contributed by atoms with van der Waals surface area (Å²) in [5.41, 5.74) is 0.468. The van der Waals surface area contributed by atoms with Gasteiger partial charge in [-0.25, -0.2) is 0 Å². The second-order valence-corrected chi connectivity index (χ2v) is 4.50. The number of carbonyl (C=O) groups excluding carboxylic acids is 1. The number of anilines is 1. The van der Waals surface area contributed by atoms with Crippen LogP contribution in [0.1, 0.15) is 19.3 Å². The minimum atomic E-state index is -0.425.